The van der Waals surface area contributed by atoms with Gasteiger partial charge >= 0.3 is 0 Å². The van der Waals surface area contributed by atoms with Gasteiger partial charge in [0.2, 0.25) is 0 Å². The number of rotatable bonds is 4. The second-order valence-electron chi connectivity index (χ2n) is 5.75. The summed E-state index contributed by atoms with van der Waals surface area (Å²) in [5, 5.41) is 0. The van der Waals surface area contributed by atoms with Crippen LogP contribution in [0.3, 0.4) is 0 Å². The lowest BCUT2D eigenvalue weighted by Crippen LogP contribution is -2.58. The third-order valence-corrected chi connectivity index (χ3v) is 4.65. The second-order valence-corrected chi connectivity index (χ2v) is 5.75. The first-order valence-electron chi connectivity index (χ1n) is 7.52. The Balaban J connectivity index is 1.91. The summed E-state index contributed by atoms with van der Waals surface area (Å²) in [6, 6.07) is 1.18. The largest absolute Gasteiger partial charge is 0.381 e. The molecular weight excluding hydrogens is 226 g/mol. The molecule has 2 aliphatic heterocycles. The average molecular weight is 255 g/mol. The van der Waals surface area contributed by atoms with Crippen molar-refractivity contribution in [3.8, 4) is 0 Å². The van der Waals surface area contributed by atoms with Crippen molar-refractivity contribution in [3.63, 3.8) is 0 Å². The van der Waals surface area contributed by atoms with E-state index in [1.54, 1.807) is 0 Å². The first-order valence-corrected chi connectivity index (χ1v) is 7.52. The van der Waals surface area contributed by atoms with Crippen molar-refractivity contribution in [2.75, 3.05) is 45.9 Å². The van der Waals surface area contributed by atoms with Crippen LogP contribution in [-0.4, -0.2) is 67.8 Å². The van der Waals surface area contributed by atoms with E-state index < -0.39 is 0 Å². The van der Waals surface area contributed by atoms with Gasteiger partial charge in [0, 0.05) is 44.9 Å². The molecule has 106 valence electrons. The van der Waals surface area contributed by atoms with E-state index in [-0.39, 0.29) is 0 Å². The minimum absolute atomic E-state index is 0.520. The third-order valence-electron chi connectivity index (χ3n) is 4.65. The Bertz CT molecular complexity index is 243. The zero-order valence-corrected chi connectivity index (χ0v) is 12.0. The van der Waals surface area contributed by atoms with Crippen LogP contribution in [0.1, 0.15) is 26.7 Å². The van der Waals surface area contributed by atoms with E-state index in [0.29, 0.717) is 18.0 Å². The van der Waals surface area contributed by atoms with Gasteiger partial charge in [0.25, 0.3) is 0 Å². The molecule has 0 saturated carbocycles. The van der Waals surface area contributed by atoms with Crippen LogP contribution in [0.25, 0.3) is 0 Å². The third kappa shape index (κ3) is 3.23. The maximum absolute atomic E-state index is 6.04. The molecule has 2 aliphatic rings. The van der Waals surface area contributed by atoms with Gasteiger partial charge in [-0.2, -0.15) is 0 Å². The monoisotopic (exact) mass is 255 g/mol. The Labute approximate surface area is 111 Å². The van der Waals surface area contributed by atoms with Crippen molar-refractivity contribution < 1.29 is 4.74 Å². The zero-order chi connectivity index (χ0) is 13.0. The SMILES string of the molecule is CCN1CCN(C(CN)C2CCCOC2)CC1C. The van der Waals surface area contributed by atoms with E-state index in [4.69, 9.17) is 10.5 Å². The summed E-state index contributed by atoms with van der Waals surface area (Å²) in [5.41, 5.74) is 6.04. The van der Waals surface area contributed by atoms with Crippen molar-refractivity contribution >= 4 is 0 Å². The van der Waals surface area contributed by atoms with E-state index in [1.807, 2.05) is 0 Å². The summed E-state index contributed by atoms with van der Waals surface area (Å²) in [5.74, 6) is 0.643. The minimum Gasteiger partial charge on any atom is -0.381 e. The average Bonchev–Trinajstić information content (AvgIpc) is 2.41. The van der Waals surface area contributed by atoms with Crippen LogP contribution in [0, 0.1) is 5.92 Å². The first-order chi connectivity index (χ1) is 8.76. The van der Waals surface area contributed by atoms with Crippen LogP contribution in [0.4, 0.5) is 0 Å². The topological polar surface area (TPSA) is 41.7 Å². The standard InChI is InChI=1S/C14H29N3O/c1-3-16-6-7-17(10-12(16)2)14(9-15)13-5-4-8-18-11-13/h12-14H,3-11,15H2,1-2H3. The molecule has 0 radical (unpaired) electrons. The fraction of sp³-hybridized carbons (Fsp3) is 1.00. The molecule has 0 aromatic rings. The van der Waals surface area contributed by atoms with Crippen LogP contribution in [0.2, 0.25) is 0 Å². The Morgan fingerprint density at radius 1 is 1.39 bits per heavy atom. The number of hydrogen-bond donors (Lipinski definition) is 1. The fourth-order valence-electron chi connectivity index (χ4n) is 3.50. The molecule has 0 amide bonds. The van der Waals surface area contributed by atoms with Gasteiger partial charge in [0.05, 0.1) is 6.61 Å². The molecule has 0 bridgehead atoms. The summed E-state index contributed by atoms with van der Waals surface area (Å²) in [7, 11) is 0. The Kier molecular flexibility index (Phi) is 5.42. The summed E-state index contributed by atoms with van der Waals surface area (Å²) < 4.78 is 5.63. The quantitative estimate of drug-likeness (QED) is 0.805. The molecule has 4 heteroatoms. The molecule has 3 atom stereocenters. The molecular formula is C14H29N3O. The number of nitrogens with two attached hydrogens (primary N) is 1. The van der Waals surface area contributed by atoms with Gasteiger partial charge in [-0.05, 0) is 32.2 Å². The smallest absolute Gasteiger partial charge is 0.0509 e. The normalized spacial score (nSPS) is 33.5. The van der Waals surface area contributed by atoms with Crippen LogP contribution in [0.5, 0.6) is 0 Å². The predicted octanol–water partition coefficient (Wildman–Crippen LogP) is 0.766. The summed E-state index contributed by atoms with van der Waals surface area (Å²) in [6.07, 6.45) is 2.48. The summed E-state index contributed by atoms with van der Waals surface area (Å²) >= 11 is 0. The lowest BCUT2D eigenvalue weighted by atomic mass is 9.91. The zero-order valence-electron chi connectivity index (χ0n) is 12.0. The molecule has 3 unspecified atom stereocenters. The molecule has 2 heterocycles. The van der Waals surface area contributed by atoms with Crippen LogP contribution in [0.15, 0.2) is 0 Å². The van der Waals surface area contributed by atoms with Crippen molar-refractivity contribution in [1.29, 1.82) is 0 Å². The minimum atomic E-state index is 0.520. The molecule has 0 spiro atoms. The Morgan fingerprint density at radius 3 is 2.78 bits per heavy atom. The van der Waals surface area contributed by atoms with Gasteiger partial charge in [-0.25, -0.2) is 0 Å². The molecule has 2 N–H and O–H groups in total. The number of likely N-dealkylation sites (N-methyl/N-ethyl adjacent to an activating group) is 1. The van der Waals surface area contributed by atoms with E-state index in [9.17, 15) is 0 Å². The van der Waals surface area contributed by atoms with Gasteiger partial charge in [-0.15, -0.1) is 0 Å². The highest BCUT2D eigenvalue weighted by Gasteiger charge is 2.32. The molecule has 2 rings (SSSR count). The van der Waals surface area contributed by atoms with Crippen molar-refractivity contribution in [3.05, 3.63) is 0 Å². The van der Waals surface area contributed by atoms with Gasteiger partial charge in [-0.1, -0.05) is 6.92 Å². The van der Waals surface area contributed by atoms with Gasteiger partial charge in [0.15, 0.2) is 0 Å². The number of hydrogen-bond acceptors (Lipinski definition) is 4. The Morgan fingerprint density at radius 2 is 2.22 bits per heavy atom. The van der Waals surface area contributed by atoms with Crippen LogP contribution in [-0.2, 0) is 4.74 Å². The van der Waals surface area contributed by atoms with Crippen molar-refractivity contribution in [2.24, 2.45) is 11.7 Å². The van der Waals surface area contributed by atoms with Crippen molar-refractivity contribution in [2.45, 2.75) is 38.8 Å². The van der Waals surface area contributed by atoms with Crippen LogP contribution < -0.4 is 5.73 Å². The fourth-order valence-corrected chi connectivity index (χ4v) is 3.50. The van der Waals surface area contributed by atoms with E-state index in [0.717, 1.165) is 39.4 Å². The molecule has 18 heavy (non-hydrogen) atoms. The van der Waals surface area contributed by atoms with Gasteiger partial charge < -0.3 is 10.5 Å². The maximum Gasteiger partial charge on any atom is 0.0509 e. The highest BCUT2D eigenvalue weighted by Crippen LogP contribution is 2.23. The lowest BCUT2D eigenvalue weighted by Gasteiger charge is -2.45. The van der Waals surface area contributed by atoms with Gasteiger partial charge in [-0.3, -0.25) is 9.80 Å². The highest BCUT2D eigenvalue weighted by molar-refractivity contribution is 4.87. The highest BCUT2D eigenvalue weighted by atomic mass is 16.5. The van der Waals surface area contributed by atoms with E-state index >= 15 is 0 Å². The number of nitrogens with zero attached hydrogens (tertiary/aromatic N) is 2. The summed E-state index contributed by atoms with van der Waals surface area (Å²) in [6.45, 7) is 11.9. The first kappa shape index (κ1) is 14.3. The predicted molar refractivity (Wildman–Crippen MR) is 74.7 cm³/mol. The second kappa shape index (κ2) is 6.85. The maximum atomic E-state index is 6.04. The number of ether oxygens (including phenoxy) is 1. The molecule has 0 aromatic heterocycles. The van der Waals surface area contributed by atoms with Crippen LogP contribution >= 0.6 is 0 Å². The summed E-state index contributed by atoms with van der Waals surface area (Å²) in [4.78, 5) is 5.16. The van der Waals surface area contributed by atoms with E-state index in [1.165, 1.54) is 19.4 Å². The Hall–Kier alpha value is -0.160. The lowest BCUT2D eigenvalue weighted by molar-refractivity contribution is -0.0126. The van der Waals surface area contributed by atoms with E-state index in [2.05, 4.69) is 23.6 Å². The molecule has 0 aliphatic carbocycles. The van der Waals surface area contributed by atoms with Crippen molar-refractivity contribution in [1.82, 2.24) is 9.80 Å². The van der Waals surface area contributed by atoms with Gasteiger partial charge in [0.1, 0.15) is 0 Å². The molecule has 0 aromatic carbocycles. The molecule has 2 saturated heterocycles. The molecule has 4 nitrogen and oxygen atoms in total. The molecule has 2 fully saturated rings. The number of piperazine rings is 1.